The number of hydrogen-bond acceptors (Lipinski definition) is 3. The fourth-order valence-corrected chi connectivity index (χ4v) is 1.52. The van der Waals surface area contributed by atoms with Crippen LogP contribution in [0.25, 0.3) is 11.3 Å². The Kier molecular flexibility index (Phi) is 3.59. The number of hydrogen-bond donors (Lipinski definition) is 1. The zero-order chi connectivity index (χ0) is 11.2. The first-order valence-corrected chi connectivity index (χ1v) is 5.63. The van der Waals surface area contributed by atoms with Crippen molar-refractivity contribution in [2.24, 2.45) is 0 Å². The van der Waals surface area contributed by atoms with E-state index in [0.29, 0.717) is 0 Å². The summed E-state index contributed by atoms with van der Waals surface area (Å²) in [6.07, 6.45) is 5.58. The van der Waals surface area contributed by atoms with Crippen LogP contribution < -0.4 is 5.32 Å². The van der Waals surface area contributed by atoms with Crippen molar-refractivity contribution >= 4 is 5.69 Å². The first-order valence-electron chi connectivity index (χ1n) is 5.63. The summed E-state index contributed by atoms with van der Waals surface area (Å²) >= 11 is 0. The van der Waals surface area contributed by atoms with Crippen LogP contribution in [-0.2, 0) is 0 Å². The number of nitrogens with zero attached hydrogens (tertiary/aromatic N) is 1. The SMILES string of the molecule is CCCCNc1ccc(-c2cnco2)cc1. The van der Waals surface area contributed by atoms with Gasteiger partial charge in [0.1, 0.15) is 0 Å². The fraction of sp³-hybridized carbons (Fsp3) is 0.308. The zero-order valence-electron chi connectivity index (χ0n) is 9.44. The molecule has 0 radical (unpaired) electrons. The second kappa shape index (κ2) is 5.35. The normalized spacial score (nSPS) is 10.3. The van der Waals surface area contributed by atoms with Gasteiger partial charge in [0, 0.05) is 17.8 Å². The van der Waals surface area contributed by atoms with E-state index in [0.717, 1.165) is 23.6 Å². The standard InChI is InChI=1S/C13H16N2O/c1-2-3-8-15-12-6-4-11(5-7-12)13-9-14-10-16-13/h4-7,9-10,15H,2-3,8H2,1H3. The molecule has 0 saturated carbocycles. The third-order valence-electron chi connectivity index (χ3n) is 2.46. The summed E-state index contributed by atoms with van der Waals surface area (Å²) in [6.45, 7) is 3.22. The third kappa shape index (κ3) is 2.63. The van der Waals surface area contributed by atoms with Crippen LogP contribution in [0.15, 0.2) is 41.3 Å². The smallest absolute Gasteiger partial charge is 0.181 e. The Balaban J connectivity index is 2.00. The van der Waals surface area contributed by atoms with E-state index in [9.17, 15) is 0 Å². The molecule has 3 heteroatoms. The molecule has 0 atom stereocenters. The molecule has 0 amide bonds. The van der Waals surface area contributed by atoms with Crippen molar-refractivity contribution in [3.8, 4) is 11.3 Å². The van der Waals surface area contributed by atoms with Gasteiger partial charge in [-0.15, -0.1) is 0 Å². The molecule has 1 aromatic carbocycles. The third-order valence-corrected chi connectivity index (χ3v) is 2.46. The Morgan fingerprint density at radius 1 is 1.25 bits per heavy atom. The summed E-state index contributed by atoms with van der Waals surface area (Å²) < 4.78 is 5.23. The van der Waals surface area contributed by atoms with Gasteiger partial charge < -0.3 is 9.73 Å². The molecule has 0 fully saturated rings. The molecule has 1 N–H and O–H groups in total. The Morgan fingerprint density at radius 2 is 2.06 bits per heavy atom. The van der Waals surface area contributed by atoms with E-state index in [2.05, 4.69) is 29.4 Å². The Hall–Kier alpha value is -1.77. The topological polar surface area (TPSA) is 38.1 Å². The maximum atomic E-state index is 5.23. The minimum atomic E-state index is 0.806. The minimum Gasteiger partial charge on any atom is -0.444 e. The average molecular weight is 216 g/mol. The number of nitrogens with one attached hydrogen (secondary N) is 1. The summed E-state index contributed by atoms with van der Waals surface area (Å²) in [5.74, 6) is 0.806. The van der Waals surface area contributed by atoms with Crippen LogP contribution in [0, 0.1) is 0 Å². The van der Waals surface area contributed by atoms with Gasteiger partial charge in [-0.1, -0.05) is 13.3 Å². The average Bonchev–Trinajstić information content (AvgIpc) is 2.84. The summed E-state index contributed by atoms with van der Waals surface area (Å²) in [7, 11) is 0. The van der Waals surface area contributed by atoms with E-state index in [4.69, 9.17) is 4.42 Å². The van der Waals surface area contributed by atoms with Crippen LogP contribution in [0.3, 0.4) is 0 Å². The lowest BCUT2D eigenvalue weighted by Gasteiger charge is -2.05. The number of anilines is 1. The molecule has 1 heterocycles. The second-order valence-corrected chi connectivity index (χ2v) is 3.72. The highest BCUT2D eigenvalue weighted by Crippen LogP contribution is 2.20. The number of benzene rings is 1. The van der Waals surface area contributed by atoms with Crippen molar-refractivity contribution in [3.63, 3.8) is 0 Å². The molecule has 0 bridgehead atoms. The lowest BCUT2D eigenvalue weighted by Crippen LogP contribution is -2.00. The highest BCUT2D eigenvalue weighted by Gasteiger charge is 2.00. The van der Waals surface area contributed by atoms with Crippen molar-refractivity contribution in [1.29, 1.82) is 0 Å². The summed E-state index contributed by atoms with van der Waals surface area (Å²) in [5, 5.41) is 3.37. The molecule has 16 heavy (non-hydrogen) atoms. The van der Waals surface area contributed by atoms with Crippen LogP contribution in [0.5, 0.6) is 0 Å². The van der Waals surface area contributed by atoms with Crippen LogP contribution in [0.1, 0.15) is 19.8 Å². The number of aromatic nitrogens is 1. The van der Waals surface area contributed by atoms with Gasteiger partial charge in [0.2, 0.25) is 0 Å². The van der Waals surface area contributed by atoms with Crippen molar-refractivity contribution in [1.82, 2.24) is 4.98 Å². The zero-order valence-corrected chi connectivity index (χ0v) is 9.44. The largest absolute Gasteiger partial charge is 0.444 e. The molecule has 0 aliphatic carbocycles. The molecular formula is C13H16N2O. The lowest BCUT2D eigenvalue weighted by atomic mass is 10.1. The van der Waals surface area contributed by atoms with Gasteiger partial charge in [-0.05, 0) is 30.7 Å². The molecule has 0 aliphatic heterocycles. The van der Waals surface area contributed by atoms with E-state index in [1.807, 2.05) is 12.1 Å². The van der Waals surface area contributed by atoms with Gasteiger partial charge in [0.25, 0.3) is 0 Å². The molecule has 2 aromatic rings. The van der Waals surface area contributed by atoms with E-state index < -0.39 is 0 Å². The van der Waals surface area contributed by atoms with Gasteiger partial charge in [-0.2, -0.15) is 0 Å². The van der Waals surface area contributed by atoms with E-state index >= 15 is 0 Å². The quantitative estimate of drug-likeness (QED) is 0.777. The fourth-order valence-electron chi connectivity index (χ4n) is 1.52. The molecular weight excluding hydrogens is 200 g/mol. The monoisotopic (exact) mass is 216 g/mol. The van der Waals surface area contributed by atoms with Gasteiger partial charge in [-0.3, -0.25) is 0 Å². The van der Waals surface area contributed by atoms with Crippen molar-refractivity contribution in [2.75, 3.05) is 11.9 Å². The van der Waals surface area contributed by atoms with Crippen molar-refractivity contribution < 1.29 is 4.42 Å². The van der Waals surface area contributed by atoms with Gasteiger partial charge in [-0.25, -0.2) is 4.98 Å². The molecule has 2 rings (SSSR count). The van der Waals surface area contributed by atoms with Crippen molar-refractivity contribution in [3.05, 3.63) is 36.9 Å². The van der Waals surface area contributed by atoms with Crippen LogP contribution in [-0.4, -0.2) is 11.5 Å². The molecule has 0 unspecified atom stereocenters. The van der Waals surface area contributed by atoms with Gasteiger partial charge in [0.05, 0.1) is 6.20 Å². The molecule has 3 nitrogen and oxygen atoms in total. The van der Waals surface area contributed by atoms with Crippen LogP contribution in [0.2, 0.25) is 0 Å². The van der Waals surface area contributed by atoms with Gasteiger partial charge >= 0.3 is 0 Å². The number of oxazole rings is 1. The maximum Gasteiger partial charge on any atom is 0.181 e. The van der Waals surface area contributed by atoms with E-state index in [1.54, 1.807) is 6.20 Å². The molecule has 0 aliphatic rings. The maximum absolute atomic E-state index is 5.23. The highest BCUT2D eigenvalue weighted by molar-refractivity contribution is 5.60. The van der Waals surface area contributed by atoms with Crippen LogP contribution in [0.4, 0.5) is 5.69 Å². The summed E-state index contributed by atoms with van der Waals surface area (Å²) in [4.78, 5) is 3.90. The van der Waals surface area contributed by atoms with Crippen LogP contribution >= 0.6 is 0 Å². The van der Waals surface area contributed by atoms with Crippen molar-refractivity contribution in [2.45, 2.75) is 19.8 Å². The Bertz CT molecular complexity index is 406. The number of rotatable bonds is 5. The summed E-state index contributed by atoms with van der Waals surface area (Å²) in [6, 6.07) is 8.20. The Labute approximate surface area is 95.5 Å². The van der Waals surface area contributed by atoms with E-state index in [-0.39, 0.29) is 0 Å². The summed E-state index contributed by atoms with van der Waals surface area (Å²) in [5.41, 5.74) is 2.20. The molecule has 84 valence electrons. The first kappa shape index (κ1) is 10.7. The predicted octanol–water partition coefficient (Wildman–Crippen LogP) is 3.55. The highest BCUT2D eigenvalue weighted by atomic mass is 16.3. The lowest BCUT2D eigenvalue weighted by molar-refractivity contribution is 0.572. The molecule has 0 saturated heterocycles. The van der Waals surface area contributed by atoms with E-state index in [1.165, 1.54) is 19.2 Å². The minimum absolute atomic E-state index is 0.806. The second-order valence-electron chi connectivity index (χ2n) is 3.72. The van der Waals surface area contributed by atoms with Gasteiger partial charge in [0.15, 0.2) is 12.2 Å². The molecule has 1 aromatic heterocycles. The number of unbranched alkanes of at least 4 members (excludes halogenated alkanes) is 1. The first-order chi connectivity index (χ1) is 7.90. The predicted molar refractivity (Wildman–Crippen MR) is 65.3 cm³/mol. The Morgan fingerprint density at radius 3 is 2.69 bits per heavy atom. The molecule has 0 spiro atoms.